The van der Waals surface area contributed by atoms with Gasteiger partial charge in [0.2, 0.25) is 0 Å². The van der Waals surface area contributed by atoms with E-state index in [4.69, 9.17) is 0 Å². The molecule has 2 N–H and O–H groups in total. The summed E-state index contributed by atoms with van der Waals surface area (Å²) >= 11 is 0. The second kappa shape index (κ2) is 8.95. The molecule has 2 unspecified atom stereocenters. The van der Waals surface area contributed by atoms with Crippen LogP contribution in [0.25, 0.3) is 0 Å². The zero-order valence-corrected chi connectivity index (χ0v) is 19.1. The van der Waals surface area contributed by atoms with Gasteiger partial charge in [0.05, 0.1) is 0 Å². The molecule has 2 nitrogen and oxygen atoms in total. The number of rotatable bonds is 6. The fourth-order valence-corrected chi connectivity index (χ4v) is 4.70. The molecule has 0 aliphatic heterocycles. The van der Waals surface area contributed by atoms with Crippen LogP contribution in [0.2, 0.25) is 0 Å². The van der Waals surface area contributed by atoms with Crippen LogP contribution in [0, 0.1) is 27.7 Å². The van der Waals surface area contributed by atoms with E-state index in [0.717, 1.165) is 35.1 Å². The lowest BCUT2D eigenvalue weighted by Gasteiger charge is -2.22. The molecule has 0 saturated heterocycles. The molecule has 2 atom stereocenters. The molecule has 158 valence electrons. The van der Waals surface area contributed by atoms with Crippen LogP contribution in [0.4, 0.5) is 0 Å². The van der Waals surface area contributed by atoms with Crippen LogP contribution in [0.1, 0.15) is 83.0 Å². The van der Waals surface area contributed by atoms with Gasteiger partial charge in [0.1, 0.15) is 11.5 Å². The maximum atomic E-state index is 10.2. The van der Waals surface area contributed by atoms with Gasteiger partial charge < -0.3 is 10.2 Å². The number of benzene rings is 3. The molecular formula is C28H34O2. The molecule has 0 amide bonds. The molecule has 0 saturated carbocycles. The van der Waals surface area contributed by atoms with Crippen molar-refractivity contribution in [2.45, 2.75) is 66.2 Å². The van der Waals surface area contributed by atoms with Crippen molar-refractivity contribution in [1.29, 1.82) is 0 Å². The monoisotopic (exact) mass is 402 g/mol. The Balaban J connectivity index is 2.04. The summed E-state index contributed by atoms with van der Waals surface area (Å²) in [6.07, 6.45) is 2.00. The van der Waals surface area contributed by atoms with Gasteiger partial charge in [0.25, 0.3) is 0 Å². The zero-order valence-electron chi connectivity index (χ0n) is 19.1. The summed E-state index contributed by atoms with van der Waals surface area (Å²) in [6.45, 7) is 12.3. The molecule has 3 rings (SSSR count). The zero-order chi connectivity index (χ0) is 22.0. The number of hydrogen-bond acceptors (Lipinski definition) is 2. The van der Waals surface area contributed by atoms with Crippen LogP contribution in [0.15, 0.2) is 48.5 Å². The van der Waals surface area contributed by atoms with E-state index in [9.17, 15) is 10.2 Å². The van der Waals surface area contributed by atoms with E-state index in [1.54, 1.807) is 0 Å². The molecule has 0 aromatic heterocycles. The molecule has 0 aliphatic carbocycles. The molecule has 3 aromatic rings. The second-order valence-corrected chi connectivity index (χ2v) is 8.60. The quantitative estimate of drug-likeness (QED) is 0.450. The topological polar surface area (TPSA) is 40.5 Å². The van der Waals surface area contributed by atoms with Crippen LogP contribution >= 0.6 is 0 Å². The third-order valence-corrected chi connectivity index (χ3v) is 6.36. The van der Waals surface area contributed by atoms with Crippen molar-refractivity contribution >= 4 is 0 Å². The minimum Gasteiger partial charge on any atom is -0.507 e. The fraction of sp³-hybridized carbons (Fsp3) is 0.357. The number of aryl methyl sites for hydroxylation is 4. The van der Waals surface area contributed by atoms with Gasteiger partial charge in [0, 0.05) is 11.8 Å². The summed E-state index contributed by atoms with van der Waals surface area (Å²) in [5, 5.41) is 20.4. The SMILES string of the molecule is CCC(c1cccc(C(CC)c2cc(C)c(O)c(C)c2)c1)c1cc(C)c(O)c(C)c1. The first kappa shape index (κ1) is 22.0. The summed E-state index contributed by atoms with van der Waals surface area (Å²) in [7, 11) is 0. The summed E-state index contributed by atoms with van der Waals surface area (Å²) in [5.41, 5.74) is 8.86. The molecule has 0 fully saturated rings. The Morgan fingerprint density at radius 3 is 1.20 bits per heavy atom. The predicted molar refractivity (Wildman–Crippen MR) is 126 cm³/mol. The van der Waals surface area contributed by atoms with Gasteiger partial charge >= 0.3 is 0 Å². The number of hydrogen-bond donors (Lipinski definition) is 2. The van der Waals surface area contributed by atoms with Crippen molar-refractivity contribution in [1.82, 2.24) is 0 Å². The standard InChI is InChI=1S/C28H34O2/c1-7-25(23-12-17(3)27(29)18(4)13-23)21-10-9-11-22(16-21)26(8-2)24-14-19(5)28(30)20(6)15-24/h9-16,25-26,29-30H,7-8H2,1-6H3. The molecule has 0 aliphatic rings. The number of phenolic OH excluding ortho intramolecular Hbond substituents is 2. The van der Waals surface area contributed by atoms with Crippen LogP contribution in [0.5, 0.6) is 11.5 Å². The Hall–Kier alpha value is -2.74. The minimum atomic E-state index is 0.295. The molecule has 0 radical (unpaired) electrons. The molecule has 3 aromatic carbocycles. The van der Waals surface area contributed by atoms with Gasteiger partial charge in [0.15, 0.2) is 0 Å². The Bertz CT molecular complexity index is 921. The van der Waals surface area contributed by atoms with Gasteiger partial charge in [-0.15, -0.1) is 0 Å². The van der Waals surface area contributed by atoms with Gasteiger partial charge in [-0.05, 0) is 85.0 Å². The summed E-state index contributed by atoms with van der Waals surface area (Å²) in [4.78, 5) is 0. The largest absolute Gasteiger partial charge is 0.507 e. The molecular weight excluding hydrogens is 368 g/mol. The highest BCUT2D eigenvalue weighted by Crippen LogP contribution is 2.37. The predicted octanol–water partition coefficient (Wildman–Crippen LogP) is 7.42. The van der Waals surface area contributed by atoms with E-state index >= 15 is 0 Å². The molecule has 0 bridgehead atoms. The van der Waals surface area contributed by atoms with E-state index in [1.165, 1.54) is 22.3 Å². The van der Waals surface area contributed by atoms with Crippen molar-refractivity contribution in [3.63, 3.8) is 0 Å². The lowest BCUT2D eigenvalue weighted by molar-refractivity contribution is 0.466. The van der Waals surface area contributed by atoms with E-state index in [1.807, 2.05) is 27.7 Å². The van der Waals surface area contributed by atoms with Crippen molar-refractivity contribution < 1.29 is 10.2 Å². The summed E-state index contributed by atoms with van der Waals surface area (Å²) in [5.74, 6) is 1.38. The maximum absolute atomic E-state index is 10.2. The van der Waals surface area contributed by atoms with Crippen LogP contribution in [-0.2, 0) is 0 Å². The average Bonchev–Trinajstić information content (AvgIpc) is 2.71. The Labute approximate surface area is 181 Å². The molecule has 30 heavy (non-hydrogen) atoms. The molecule has 0 heterocycles. The lowest BCUT2D eigenvalue weighted by Crippen LogP contribution is -2.05. The van der Waals surface area contributed by atoms with Crippen molar-refractivity contribution in [3.05, 3.63) is 93.0 Å². The average molecular weight is 403 g/mol. The lowest BCUT2D eigenvalue weighted by atomic mass is 9.82. The van der Waals surface area contributed by atoms with E-state index < -0.39 is 0 Å². The Kier molecular flexibility index (Phi) is 6.55. The van der Waals surface area contributed by atoms with Crippen LogP contribution in [-0.4, -0.2) is 10.2 Å². The van der Waals surface area contributed by atoms with Crippen molar-refractivity contribution in [2.24, 2.45) is 0 Å². The first-order chi connectivity index (χ1) is 14.3. The number of aromatic hydroxyl groups is 2. The first-order valence-corrected chi connectivity index (χ1v) is 11.0. The molecule has 0 spiro atoms. The van der Waals surface area contributed by atoms with E-state index in [2.05, 4.69) is 62.4 Å². The minimum absolute atomic E-state index is 0.295. The summed E-state index contributed by atoms with van der Waals surface area (Å²) < 4.78 is 0. The first-order valence-electron chi connectivity index (χ1n) is 11.0. The van der Waals surface area contributed by atoms with Crippen molar-refractivity contribution in [3.8, 4) is 11.5 Å². The highest BCUT2D eigenvalue weighted by molar-refractivity contribution is 5.48. The number of phenols is 2. The van der Waals surface area contributed by atoms with Crippen LogP contribution < -0.4 is 0 Å². The Morgan fingerprint density at radius 2 is 0.900 bits per heavy atom. The third-order valence-electron chi connectivity index (χ3n) is 6.36. The Morgan fingerprint density at radius 1 is 0.567 bits per heavy atom. The van der Waals surface area contributed by atoms with E-state index in [-0.39, 0.29) is 0 Å². The normalized spacial score (nSPS) is 13.3. The van der Waals surface area contributed by atoms with Crippen LogP contribution in [0.3, 0.4) is 0 Å². The fourth-order valence-electron chi connectivity index (χ4n) is 4.70. The smallest absolute Gasteiger partial charge is 0.121 e. The van der Waals surface area contributed by atoms with Gasteiger partial charge in [-0.25, -0.2) is 0 Å². The third kappa shape index (κ3) is 4.23. The maximum Gasteiger partial charge on any atom is 0.121 e. The van der Waals surface area contributed by atoms with E-state index in [0.29, 0.717) is 23.3 Å². The van der Waals surface area contributed by atoms with Crippen molar-refractivity contribution in [2.75, 3.05) is 0 Å². The van der Waals surface area contributed by atoms with Gasteiger partial charge in [-0.3, -0.25) is 0 Å². The molecule has 2 heteroatoms. The summed E-state index contributed by atoms with van der Waals surface area (Å²) in [6, 6.07) is 17.4. The highest BCUT2D eigenvalue weighted by Gasteiger charge is 2.19. The van der Waals surface area contributed by atoms with Gasteiger partial charge in [-0.2, -0.15) is 0 Å². The second-order valence-electron chi connectivity index (χ2n) is 8.60. The van der Waals surface area contributed by atoms with Gasteiger partial charge in [-0.1, -0.05) is 62.4 Å². The highest BCUT2D eigenvalue weighted by atomic mass is 16.3.